The molecular weight excluding hydrogens is 341 g/mol. The van der Waals surface area contributed by atoms with Crippen molar-refractivity contribution < 1.29 is 23.1 Å². The van der Waals surface area contributed by atoms with Gasteiger partial charge in [-0.1, -0.05) is 30.3 Å². The summed E-state index contributed by atoms with van der Waals surface area (Å²) in [6.07, 6.45) is -1.24. The first kappa shape index (κ1) is 17.3. The van der Waals surface area contributed by atoms with Gasteiger partial charge in [-0.3, -0.25) is 4.79 Å². The van der Waals surface area contributed by atoms with Crippen LogP contribution in [0.1, 0.15) is 17.3 Å². The zero-order chi connectivity index (χ0) is 18.7. The summed E-state index contributed by atoms with van der Waals surface area (Å²) in [5, 5.41) is 2.86. The largest absolute Gasteiger partial charge is 0.449 e. The van der Waals surface area contributed by atoms with Crippen LogP contribution in [-0.4, -0.2) is 18.0 Å². The second-order valence-electron chi connectivity index (χ2n) is 5.50. The van der Waals surface area contributed by atoms with Crippen molar-refractivity contribution in [3.05, 3.63) is 76.4 Å². The number of fused-ring (bicyclic) bond motifs is 1. The van der Waals surface area contributed by atoms with E-state index in [1.54, 1.807) is 30.3 Å². The maximum Gasteiger partial charge on any atom is 0.351 e. The maximum absolute atomic E-state index is 13.6. The lowest BCUT2D eigenvalue weighted by molar-refractivity contribution is -0.123. The lowest BCUT2D eigenvalue weighted by atomic mass is 10.2. The lowest BCUT2D eigenvalue weighted by Gasteiger charge is -2.13. The molecule has 1 amide bonds. The number of esters is 1. The molecule has 132 valence electrons. The number of amides is 1. The van der Waals surface area contributed by atoms with Crippen LogP contribution in [0.4, 0.5) is 10.1 Å². The first-order valence-corrected chi connectivity index (χ1v) is 7.75. The standard InChI is InChI=1S/C19H14FNO5/c1-11(17(22)21-15-8-4-3-7-14(15)20)25-18(23)13-10-12-6-2-5-9-16(12)26-19(13)24/h2-11H,1H3,(H,21,22)/t11-/m1/s1. The molecule has 1 N–H and O–H groups in total. The van der Waals surface area contributed by atoms with Crippen LogP contribution in [0.15, 0.2) is 63.8 Å². The monoisotopic (exact) mass is 355 g/mol. The predicted molar refractivity (Wildman–Crippen MR) is 92.4 cm³/mol. The van der Waals surface area contributed by atoms with Gasteiger partial charge in [0.1, 0.15) is 17.0 Å². The van der Waals surface area contributed by atoms with E-state index in [0.29, 0.717) is 11.0 Å². The molecule has 0 saturated carbocycles. The fourth-order valence-electron chi connectivity index (χ4n) is 2.28. The average molecular weight is 355 g/mol. The number of benzene rings is 2. The van der Waals surface area contributed by atoms with Crippen molar-refractivity contribution in [3.8, 4) is 0 Å². The van der Waals surface area contributed by atoms with E-state index in [2.05, 4.69) is 5.32 Å². The minimum atomic E-state index is -1.24. The summed E-state index contributed by atoms with van der Waals surface area (Å²) < 4.78 is 23.6. The summed E-state index contributed by atoms with van der Waals surface area (Å²) >= 11 is 0. The van der Waals surface area contributed by atoms with E-state index in [9.17, 15) is 18.8 Å². The fraction of sp³-hybridized carbons (Fsp3) is 0.105. The van der Waals surface area contributed by atoms with Crippen molar-refractivity contribution in [2.45, 2.75) is 13.0 Å². The van der Waals surface area contributed by atoms with E-state index >= 15 is 0 Å². The van der Waals surface area contributed by atoms with Gasteiger partial charge in [-0.05, 0) is 31.2 Å². The van der Waals surface area contributed by atoms with Gasteiger partial charge in [0, 0.05) is 5.39 Å². The predicted octanol–water partition coefficient (Wildman–Crippen LogP) is 3.12. The highest BCUT2D eigenvalue weighted by Crippen LogP contribution is 2.15. The Kier molecular flexibility index (Phi) is 4.79. The SMILES string of the molecule is C[C@@H](OC(=O)c1cc2ccccc2oc1=O)C(=O)Nc1ccccc1F. The van der Waals surface area contributed by atoms with Crippen LogP contribution in [0.25, 0.3) is 11.0 Å². The summed E-state index contributed by atoms with van der Waals surface area (Å²) in [4.78, 5) is 36.2. The van der Waals surface area contributed by atoms with Crippen molar-refractivity contribution in [3.63, 3.8) is 0 Å². The highest BCUT2D eigenvalue weighted by atomic mass is 19.1. The Balaban J connectivity index is 1.75. The lowest BCUT2D eigenvalue weighted by Crippen LogP contribution is -2.31. The molecule has 0 fully saturated rings. The van der Waals surface area contributed by atoms with Crippen LogP contribution < -0.4 is 10.9 Å². The molecule has 0 saturated heterocycles. The van der Waals surface area contributed by atoms with Crippen molar-refractivity contribution >= 4 is 28.5 Å². The van der Waals surface area contributed by atoms with Crippen molar-refractivity contribution in [2.24, 2.45) is 0 Å². The molecule has 1 atom stereocenters. The van der Waals surface area contributed by atoms with Gasteiger partial charge < -0.3 is 14.5 Å². The van der Waals surface area contributed by atoms with Crippen molar-refractivity contribution in [1.82, 2.24) is 0 Å². The van der Waals surface area contributed by atoms with E-state index in [0.717, 1.165) is 0 Å². The quantitative estimate of drug-likeness (QED) is 0.574. The second-order valence-corrected chi connectivity index (χ2v) is 5.50. The second kappa shape index (κ2) is 7.18. The number of ether oxygens (including phenoxy) is 1. The third-order valence-corrected chi connectivity index (χ3v) is 3.65. The van der Waals surface area contributed by atoms with Gasteiger partial charge in [-0.2, -0.15) is 0 Å². The van der Waals surface area contributed by atoms with Gasteiger partial charge >= 0.3 is 11.6 Å². The molecular formula is C19H14FNO5. The maximum atomic E-state index is 13.6. The number of para-hydroxylation sites is 2. The Hall–Kier alpha value is -3.48. The summed E-state index contributed by atoms with van der Waals surface area (Å²) in [7, 11) is 0. The van der Waals surface area contributed by atoms with Crippen LogP contribution in [0.5, 0.6) is 0 Å². The number of rotatable bonds is 4. The Morgan fingerprint density at radius 2 is 1.81 bits per heavy atom. The van der Waals surface area contributed by atoms with Crippen molar-refractivity contribution in [1.29, 1.82) is 0 Å². The summed E-state index contributed by atoms with van der Waals surface area (Å²) in [5.41, 5.74) is -0.894. The van der Waals surface area contributed by atoms with Gasteiger partial charge in [-0.25, -0.2) is 14.0 Å². The van der Waals surface area contributed by atoms with Gasteiger partial charge in [0.05, 0.1) is 5.69 Å². The van der Waals surface area contributed by atoms with Crippen molar-refractivity contribution in [2.75, 3.05) is 5.32 Å². The van der Waals surface area contributed by atoms with Crippen LogP contribution >= 0.6 is 0 Å². The van der Waals surface area contributed by atoms with E-state index < -0.39 is 29.4 Å². The van der Waals surface area contributed by atoms with Crippen LogP contribution in [0.2, 0.25) is 0 Å². The Morgan fingerprint density at radius 1 is 1.12 bits per heavy atom. The molecule has 1 heterocycles. The highest BCUT2D eigenvalue weighted by molar-refractivity contribution is 5.98. The Bertz CT molecular complexity index is 1040. The molecule has 0 aliphatic carbocycles. The number of hydrogen-bond acceptors (Lipinski definition) is 5. The van der Waals surface area contributed by atoms with Gasteiger partial charge in [0.15, 0.2) is 6.10 Å². The molecule has 0 aliphatic heterocycles. The van der Waals surface area contributed by atoms with Crippen LogP contribution in [0, 0.1) is 5.82 Å². The van der Waals surface area contributed by atoms with E-state index in [-0.39, 0.29) is 11.3 Å². The number of hydrogen-bond donors (Lipinski definition) is 1. The molecule has 2 aromatic carbocycles. The van der Waals surface area contributed by atoms with Crippen LogP contribution in [-0.2, 0) is 9.53 Å². The smallest absolute Gasteiger partial charge is 0.351 e. The average Bonchev–Trinajstić information content (AvgIpc) is 2.62. The normalized spacial score (nSPS) is 11.8. The zero-order valence-electron chi connectivity index (χ0n) is 13.7. The molecule has 0 radical (unpaired) electrons. The molecule has 7 heteroatoms. The molecule has 26 heavy (non-hydrogen) atoms. The molecule has 0 spiro atoms. The molecule has 0 unspecified atom stereocenters. The molecule has 0 aliphatic rings. The van der Waals surface area contributed by atoms with E-state index in [1.807, 2.05) is 0 Å². The number of nitrogens with one attached hydrogen (secondary N) is 1. The highest BCUT2D eigenvalue weighted by Gasteiger charge is 2.22. The minimum Gasteiger partial charge on any atom is -0.449 e. The first-order chi connectivity index (χ1) is 12.5. The number of carbonyl (C=O) groups is 2. The topological polar surface area (TPSA) is 85.6 Å². The third-order valence-electron chi connectivity index (χ3n) is 3.65. The molecule has 0 bridgehead atoms. The summed E-state index contributed by atoms with van der Waals surface area (Å²) in [6.45, 7) is 1.32. The number of anilines is 1. The van der Waals surface area contributed by atoms with Gasteiger partial charge in [0.25, 0.3) is 5.91 Å². The van der Waals surface area contributed by atoms with E-state index in [1.165, 1.54) is 31.2 Å². The first-order valence-electron chi connectivity index (χ1n) is 7.75. The molecule has 6 nitrogen and oxygen atoms in total. The minimum absolute atomic E-state index is 0.0365. The fourth-order valence-corrected chi connectivity index (χ4v) is 2.28. The van der Waals surface area contributed by atoms with Gasteiger partial charge in [0.2, 0.25) is 0 Å². The number of carbonyl (C=O) groups excluding carboxylic acids is 2. The third kappa shape index (κ3) is 3.61. The molecule has 1 aromatic heterocycles. The number of halogens is 1. The van der Waals surface area contributed by atoms with E-state index in [4.69, 9.17) is 9.15 Å². The van der Waals surface area contributed by atoms with Gasteiger partial charge in [-0.15, -0.1) is 0 Å². The Labute approximate surface area is 147 Å². The molecule has 3 rings (SSSR count). The molecule has 3 aromatic rings. The summed E-state index contributed by atoms with van der Waals surface area (Å²) in [5.74, 6) is -2.34. The van der Waals surface area contributed by atoms with Crippen LogP contribution in [0.3, 0.4) is 0 Å². The summed E-state index contributed by atoms with van der Waals surface area (Å²) in [6, 6.07) is 13.6. The zero-order valence-corrected chi connectivity index (χ0v) is 13.7. The Morgan fingerprint density at radius 3 is 2.58 bits per heavy atom.